The Labute approximate surface area is 609 Å². The third kappa shape index (κ3) is 18.9. The zero-order chi connectivity index (χ0) is 72.7. The van der Waals surface area contributed by atoms with Gasteiger partial charge in [0.05, 0.1) is 114 Å². The van der Waals surface area contributed by atoms with Gasteiger partial charge in [-0.2, -0.15) is 10.2 Å². The highest BCUT2D eigenvalue weighted by molar-refractivity contribution is 7.14. The molecular formula is C80H92N10O9S3. The summed E-state index contributed by atoms with van der Waals surface area (Å²) >= 11 is 4.85. The van der Waals surface area contributed by atoms with Gasteiger partial charge in [0, 0.05) is 82.9 Å². The fourth-order valence-corrected chi connectivity index (χ4v) is 16.5. The van der Waals surface area contributed by atoms with E-state index in [-0.39, 0.29) is 78.9 Å². The third-order valence-electron chi connectivity index (χ3n) is 19.4. The fraction of sp³-hybridized carbons (Fsp3) is 0.412. The molecule has 12 rings (SSSR count). The normalized spacial score (nSPS) is 18.9. The van der Waals surface area contributed by atoms with Crippen LogP contribution in [0.15, 0.2) is 157 Å². The molecule has 3 saturated heterocycles. The molecule has 3 aliphatic rings. The average Bonchev–Trinajstić information content (AvgIpc) is 1.60. The van der Waals surface area contributed by atoms with E-state index in [1.165, 1.54) is 0 Å². The van der Waals surface area contributed by atoms with Crippen molar-refractivity contribution in [1.82, 2.24) is 49.8 Å². The number of aliphatic hydroxyl groups excluding tert-OH is 3. The van der Waals surface area contributed by atoms with E-state index in [0.29, 0.717) is 62.8 Å². The molecule has 102 heavy (non-hydrogen) atoms. The lowest BCUT2D eigenvalue weighted by atomic mass is 9.87. The molecule has 0 unspecified atom stereocenters. The number of carbonyl (C=O) groups excluding carboxylic acids is 6. The lowest BCUT2D eigenvalue weighted by molar-refractivity contribution is -0.140. The van der Waals surface area contributed by atoms with Crippen molar-refractivity contribution in [2.75, 3.05) is 19.6 Å². The van der Waals surface area contributed by atoms with Crippen molar-refractivity contribution >= 4 is 69.1 Å². The summed E-state index contributed by atoms with van der Waals surface area (Å²) in [7, 11) is 0. The van der Waals surface area contributed by atoms with Crippen LogP contribution in [0.5, 0.6) is 0 Å². The highest BCUT2D eigenvalue weighted by Crippen LogP contribution is 2.36. The van der Waals surface area contributed by atoms with E-state index in [1.807, 2.05) is 146 Å². The number of benzene rings is 3. The largest absolute Gasteiger partial charge is 0.391 e. The molecule has 3 fully saturated rings. The number of aromatic nitrogens is 7. The lowest BCUT2D eigenvalue weighted by Crippen LogP contribution is -2.44. The van der Waals surface area contributed by atoms with E-state index < -0.39 is 54.2 Å². The number of aryl methyl sites for hydroxylation is 6. The Balaban J connectivity index is 0.000000165. The predicted octanol–water partition coefficient (Wildman–Crippen LogP) is 12.6. The van der Waals surface area contributed by atoms with Gasteiger partial charge in [-0.15, -0.1) is 34.0 Å². The molecular weight excluding hydrogens is 1340 g/mol. The molecule has 19 nitrogen and oxygen atoms in total. The van der Waals surface area contributed by atoms with Crippen LogP contribution in [0.2, 0.25) is 0 Å². The predicted molar refractivity (Wildman–Crippen MR) is 398 cm³/mol. The number of thiazole rings is 3. The number of hydrogen-bond donors (Lipinski definition) is 3. The van der Waals surface area contributed by atoms with Crippen LogP contribution in [0.1, 0.15) is 149 Å². The number of carbonyl (C=O) groups is 6. The first kappa shape index (κ1) is 75.9. The number of likely N-dealkylation sites (tertiary alicyclic amines) is 3. The van der Waals surface area contributed by atoms with Crippen LogP contribution >= 0.6 is 34.0 Å². The second-order valence-electron chi connectivity index (χ2n) is 27.8. The number of β-amino-alcohol motifs (C(OH)–C–C–N with tert-alkyl or cyclic N) is 3. The van der Waals surface area contributed by atoms with Crippen molar-refractivity contribution in [2.45, 2.75) is 174 Å². The highest BCUT2D eigenvalue weighted by atomic mass is 32.1. The van der Waals surface area contributed by atoms with Gasteiger partial charge in [0.25, 0.3) is 0 Å². The van der Waals surface area contributed by atoms with Crippen LogP contribution in [0.25, 0.3) is 31.3 Å². The molecule has 0 spiro atoms. The first-order valence-corrected chi connectivity index (χ1v) is 37.8. The molecule has 3 N–H and O–H groups in total. The molecule has 6 aromatic heterocycles. The summed E-state index contributed by atoms with van der Waals surface area (Å²) < 4.78 is 0. The van der Waals surface area contributed by atoms with Crippen molar-refractivity contribution < 1.29 is 44.1 Å². The Bertz CT molecular complexity index is 3820. The maximum Gasteiger partial charge on any atom is 0.232 e. The minimum atomic E-state index is -0.700. The number of amides is 3. The first-order chi connectivity index (χ1) is 49.0. The van der Waals surface area contributed by atoms with Gasteiger partial charge in [-0.25, -0.2) is 15.0 Å². The smallest absolute Gasteiger partial charge is 0.232 e. The van der Waals surface area contributed by atoms with Gasteiger partial charge in [0.2, 0.25) is 17.7 Å². The zero-order valence-corrected chi connectivity index (χ0v) is 61.9. The molecule has 3 amide bonds. The van der Waals surface area contributed by atoms with Crippen molar-refractivity contribution in [3.05, 3.63) is 207 Å². The van der Waals surface area contributed by atoms with Crippen LogP contribution < -0.4 is 0 Å². The van der Waals surface area contributed by atoms with Crippen molar-refractivity contribution in [2.24, 2.45) is 17.8 Å². The Morgan fingerprint density at radius 1 is 0.431 bits per heavy atom. The monoisotopic (exact) mass is 1430 g/mol. The number of pyridine rings is 2. The van der Waals surface area contributed by atoms with Gasteiger partial charge in [-0.3, -0.25) is 38.7 Å². The van der Waals surface area contributed by atoms with Gasteiger partial charge >= 0.3 is 0 Å². The topological polar surface area (TPSA) is 263 Å². The number of aliphatic hydroxyl groups is 3. The van der Waals surface area contributed by atoms with Gasteiger partial charge < -0.3 is 30.0 Å². The van der Waals surface area contributed by atoms with E-state index in [4.69, 9.17) is 0 Å². The van der Waals surface area contributed by atoms with Gasteiger partial charge in [0.15, 0.2) is 17.3 Å². The first-order valence-electron chi connectivity index (χ1n) is 35.1. The van der Waals surface area contributed by atoms with Gasteiger partial charge in [-0.1, -0.05) is 126 Å². The summed E-state index contributed by atoms with van der Waals surface area (Å²) in [6.07, 6.45) is 8.23. The van der Waals surface area contributed by atoms with E-state index in [1.54, 1.807) is 85.6 Å². The van der Waals surface area contributed by atoms with Crippen molar-refractivity contribution in [3.63, 3.8) is 0 Å². The Kier molecular flexibility index (Phi) is 26.3. The third-order valence-corrected chi connectivity index (χ3v) is 22.4. The molecule has 9 heterocycles. The van der Waals surface area contributed by atoms with Crippen LogP contribution in [0.4, 0.5) is 0 Å². The minimum Gasteiger partial charge on any atom is -0.391 e. The number of hydrogen-bond acceptors (Lipinski definition) is 19. The Hall–Kier alpha value is -8.77. The maximum absolute atomic E-state index is 13.5. The number of rotatable bonds is 24. The molecule has 22 heteroatoms. The molecule has 0 radical (unpaired) electrons. The molecule has 534 valence electrons. The second-order valence-corrected chi connectivity index (χ2v) is 30.4. The van der Waals surface area contributed by atoms with E-state index in [2.05, 4.69) is 71.5 Å². The average molecular weight is 1430 g/mol. The number of ketones is 3. The van der Waals surface area contributed by atoms with Crippen LogP contribution in [-0.2, 0) is 48.0 Å². The highest BCUT2D eigenvalue weighted by Gasteiger charge is 2.45. The van der Waals surface area contributed by atoms with Crippen LogP contribution in [0.3, 0.4) is 0 Å². The number of Topliss-reactive ketones (excluding diaryl/α,β-unsaturated/α-hetero) is 3. The van der Waals surface area contributed by atoms with Crippen molar-refractivity contribution in [3.8, 4) is 31.3 Å². The fourth-order valence-electron chi connectivity index (χ4n) is 14.0. The van der Waals surface area contributed by atoms with E-state index >= 15 is 0 Å². The summed E-state index contributed by atoms with van der Waals surface area (Å²) in [5.74, 6) is -1.71. The quantitative estimate of drug-likeness (QED) is 0.0508. The van der Waals surface area contributed by atoms with Crippen LogP contribution in [0, 0.1) is 38.5 Å². The molecule has 0 saturated carbocycles. The molecule has 0 bridgehead atoms. The molecule has 3 aliphatic heterocycles. The summed E-state index contributed by atoms with van der Waals surface area (Å²) in [6.45, 7) is 18.4. The summed E-state index contributed by atoms with van der Waals surface area (Å²) in [5, 5.41) is 39.0. The second kappa shape index (κ2) is 35.4. The molecule has 9 aromatic rings. The molecule has 0 aliphatic carbocycles. The van der Waals surface area contributed by atoms with Gasteiger partial charge in [0.1, 0.15) is 0 Å². The standard InChI is InChI=1S/2C27H31N3O3S.C26H30N4O3S/c1-17(2)25(21-5-4-12-28-14-21)27(33)30-15-22(31)13-23(30)24(32)11-8-19-6-9-20(10-7-19)26-18(3)29-16-34-26;1-17(2)25(22-6-4-5-13-28-22)27(33)30-15-21(31)14-23(30)24(32)12-9-19-7-10-20(11-8-19)26-18(3)29-16-34-26;1-16(2)24(21-5-4-12-28-29-21)26(33)30-14-20(31)13-22(30)23(32)11-8-18-6-9-19(10-7-18)25-17(3)27-15-34-25/h4-7,9-10,12,14,16-17,22-23,25,31H,8,11,13,15H2,1-3H3;4-8,10-11,13,16-17,21,23,25,31H,9,12,14-15H2,1-3H3;4-7,9-10,12,15-16,20,22,24,31H,8,11,13-14H2,1-3H3/t22-,23+,25-;21-,23+,25-;20-,22+,24-/m111/s1. The summed E-state index contributed by atoms with van der Waals surface area (Å²) in [4.78, 5) is 110. The van der Waals surface area contributed by atoms with E-state index in [0.717, 1.165) is 70.7 Å². The number of nitrogens with zero attached hydrogens (tertiary/aromatic N) is 10. The summed E-state index contributed by atoms with van der Waals surface area (Å²) in [6, 6.07) is 35.7. The SMILES string of the molecule is Cc1ncsc1-c1ccc(CCC(=O)[C@@H]2C[C@@H](O)CN2C(=O)[C@@H](c2ccccn2)C(C)C)cc1.Cc1ncsc1-c1ccc(CCC(=O)[C@@H]2C[C@@H](O)CN2C(=O)[C@@H](c2cccnc2)C(C)C)cc1.Cc1ncsc1-c1ccc(CCC(=O)[C@@H]2C[C@@H](O)CN2C(=O)[C@@H](c2cccnn2)C(C)C)cc1. The minimum absolute atomic E-state index is 0.000899. The molecule has 3 aromatic carbocycles. The van der Waals surface area contributed by atoms with E-state index in [9.17, 15) is 44.1 Å². The van der Waals surface area contributed by atoms with Crippen molar-refractivity contribution in [1.29, 1.82) is 0 Å². The lowest BCUT2D eigenvalue weighted by Gasteiger charge is -2.30. The Morgan fingerprint density at radius 3 is 1.11 bits per heavy atom. The molecule has 9 atom stereocenters. The zero-order valence-electron chi connectivity index (χ0n) is 59.4. The maximum atomic E-state index is 13.5. The van der Waals surface area contributed by atoms with Crippen LogP contribution in [-0.4, -0.2) is 156 Å². The van der Waals surface area contributed by atoms with Gasteiger partial charge in [-0.05, 0) is 127 Å². The summed E-state index contributed by atoms with van der Waals surface area (Å²) in [5.41, 5.74) is 17.3. The Morgan fingerprint density at radius 2 is 0.794 bits per heavy atom.